The molecule has 6 nitrogen and oxygen atoms in total. The number of carbonyl (C=O) groups is 2. The molecule has 2 saturated heterocycles. The number of hydrogen-bond acceptors (Lipinski definition) is 3. The Morgan fingerprint density at radius 3 is 2.62 bits per heavy atom. The zero-order chi connectivity index (χ0) is 17.1. The largest absolute Gasteiger partial charge is 0.445 e. The second kappa shape index (κ2) is 7.11. The number of amides is 3. The summed E-state index contributed by atoms with van der Waals surface area (Å²) in [6, 6.07) is 9.77. The summed E-state index contributed by atoms with van der Waals surface area (Å²) < 4.78 is 5.47. The number of nitrogens with zero attached hydrogens (tertiary/aromatic N) is 3. The van der Waals surface area contributed by atoms with Gasteiger partial charge in [0.05, 0.1) is 12.1 Å². The van der Waals surface area contributed by atoms with E-state index in [4.69, 9.17) is 4.74 Å². The van der Waals surface area contributed by atoms with Crippen LogP contribution in [0.1, 0.15) is 25.3 Å². The summed E-state index contributed by atoms with van der Waals surface area (Å²) in [7, 11) is 1.82. The number of likely N-dealkylation sites (N-methyl/N-ethyl adjacent to an activating group) is 1. The Morgan fingerprint density at radius 1 is 1.21 bits per heavy atom. The van der Waals surface area contributed by atoms with Crippen LogP contribution in [-0.2, 0) is 11.3 Å². The molecule has 2 fully saturated rings. The smallest absolute Gasteiger partial charge is 0.410 e. The minimum absolute atomic E-state index is 0.0301. The predicted octanol–water partition coefficient (Wildman–Crippen LogP) is 2.54. The zero-order valence-corrected chi connectivity index (χ0v) is 14.4. The molecule has 2 atom stereocenters. The SMILES string of the molecule is CC1C(N2CCN(C)C2=O)CCCN1C(=O)OCc1ccccc1. The fraction of sp³-hybridized carbons (Fsp3) is 0.556. The molecule has 0 spiro atoms. The van der Waals surface area contributed by atoms with E-state index in [1.807, 2.05) is 49.2 Å². The molecule has 1 aromatic carbocycles. The maximum Gasteiger partial charge on any atom is 0.410 e. The average Bonchev–Trinajstić information content (AvgIpc) is 2.93. The van der Waals surface area contributed by atoms with Gasteiger partial charge in [0.25, 0.3) is 0 Å². The first-order valence-electron chi connectivity index (χ1n) is 8.57. The Hall–Kier alpha value is -2.24. The number of piperidine rings is 1. The van der Waals surface area contributed by atoms with Gasteiger partial charge in [-0.3, -0.25) is 0 Å². The Morgan fingerprint density at radius 2 is 1.96 bits per heavy atom. The summed E-state index contributed by atoms with van der Waals surface area (Å²) in [6.45, 7) is 4.46. The fourth-order valence-electron chi connectivity index (χ4n) is 3.58. The van der Waals surface area contributed by atoms with Gasteiger partial charge >= 0.3 is 12.1 Å². The maximum atomic E-state index is 12.5. The van der Waals surface area contributed by atoms with E-state index in [0.717, 1.165) is 31.5 Å². The number of carbonyl (C=O) groups excluding carboxylic acids is 2. The van der Waals surface area contributed by atoms with Crippen molar-refractivity contribution < 1.29 is 14.3 Å². The minimum Gasteiger partial charge on any atom is -0.445 e. The van der Waals surface area contributed by atoms with Crippen LogP contribution in [0, 0.1) is 0 Å². The molecule has 3 amide bonds. The quantitative estimate of drug-likeness (QED) is 0.855. The van der Waals surface area contributed by atoms with Crippen LogP contribution in [0.25, 0.3) is 0 Å². The Kier molecular flexibility index (Phi) is 4.92. The lowest BCUT2D eigenvalue weighted by Crippen LogP contribution is -2.56. The van der Waals surface area contributed by atoms with E-state index in [0.29, 0.717) is 6.54 Å². The van der Waals surface area contributed by atoms with Crippen molar-refractivity contribution in [2.75, 3.05) is 26.7 Å². The van der Waals surface area contributed by atoms with E-state index in [1.54, 1.807) is 9.80 Å². The summed E-state index contributed by atoms with van der Waals surface area (Å²) in [6.07, 6.45) is 1.53. The minimum atomic E-state index is -0.295. The number of rotatable bonds is 3. The van der Waals surface area contributed by atoms with Crippen LogP contribution in [0.3, 0.4) is 0 Å². The van der Waals surface area contributed by atoms with Gasteiger partial charge in [0.1, 0.15) is 6.61 Å². The van der Waals surface area contributed by atoms with E-state index in [2.05, 4.69) is 0 Å². The molecule has 2 aliphatic heterocycles. The van der Waals surface area contributed by atoms with E-state index < -0.39 is 0 Å². The van der Waals surface area contributed by atoms with Crippen LogP contribution in [-0.4, -0.2) is 65.6 Å². The number of likely N-dealkylation sites (tertiary alicyclic amines) is 1. The molecular formula is C18H25N3O3. The average molecular weight is 331 g/mol. The topological polar surface area (TPSA) is 53.1 Å². The highest BCUT2D eigenvalue weighted by molar-refractivity contribution is 5.77. The number of benzene rings is 1. The molecule has 0 radical (unpaired) electrons. The van der Waals surface area contributed by atoms with Gasteiger partial charge in [-0.05, 0) is 25.3 Å². The Labute approximate surface area is 143 Å². The van der Waals surface area contributed by atoms with Crippen molar-refractivity contribution in [2.45, 2.75) is 38.5 Å². The van der Waals surface area contributed by atoms with Gasteiger partial charge in [0.15, 0.2) is 0 Å². The molecule has 0 saturated carbocycles. The van der Waals surface area contributed by atoms with Crippen LogP contribution in [0.15, 0.2) is 30.3 Å². The fourth-order valence-corrected chi connectivity index (χ4v) is 3.58. The number of urea groups is 1. The third-order valence-electron chi connectivity index (χ3n) is 5.04. The first-order valence-corrected chi connectivity index (χ1v) is 8.57. The lowest BCUT2D eigenvalue weighted by atomic mass is 9.96. The Balaban J connectivity index is 1.61. The summed E-state index contributed by atoms with van der Waals surface area (Å²) in [5.74, 6) is 0. The molecule has 24 heavy (non-hydrogen) atoms. The summed E-state index contributed by atoms with van der Waals surface area (Å²) in [4.78, 5) is 30.1. The van der Waals surface area contributed by atoms with Crippen LogP contribution in [0.4, 0.5) is 9.59 Å². The first-order chi connectivity index (χ1) is 11.6. The van der Waals surface area contributed by atoms with E-state index in [1.165, 1.54) is 0 Å². The van der Waals surface area contributed by atoms with Gasteiger partial charge < -0.3 is 19.4 Å². The number of ether oxygens (including phenoxy) is 1. The molecular weight excluding hydrogens is 306 g/mol. The van der Waals surface area contributed by atoms with E-state index in [9.17, 15) is 9.59 Å². The maximum absolute atomic E-state index is 12.5. The lowest BCUT2D eigenvalue weighted by Gasteiger charge is -2.42. The van der Waals surface area contributed by atoms with Gasteiger partial charge in [0.2, 0.25) is 0 Å². The molecule has 130 valence electrons. The van der Waals surface area contributed by atoms with Gasteiger partial charge in [0, 0.05) is 26.7 Å². The molecule has 6 heteroatoms. The Bertz CT molecular complexity index is 592. The normalized spacial score (nSPS) is 24.4. The van der Waals surface area contributed by atoms with Crippen molar-refractivity contribution in [1.82, 2.24) is 14.7 Å². The molecule has 0 bridgehead atoms. The molecule has 2 unspecified atom stereocenters. The van der Waals surface area contributed by atoms with Gasteiger partial charge in [-0.15, -0.1) is 0 Å². The highest BCUT2D eigenvalue weighted by Crippen LogP contribution is 2.26. The second-order valence-electron chi connectivity index (χ2n) is 6.58. The molecule has 1 aromatic rings. The predicted molar refractivity (Wildman–Crippen MR) is 90.5 cm³/mol. The van der Waals surface area contributed by atoms with E-state index >= 15 is 0 Å². The van der Waals surface area contributed by atoms with Gasteiger partial charge in [-0.1, -0.05) is 30.3 Å². The van der Waals surface area contributed by atoms with Crippen LogP contribution in [0.5, 0.6) is 0 Å². The first kappa shape index (κ1) is 16.6. The van der Waals surface area contributed by atoms with Crippen LogP contribution < -0.4 is 0 Å². The third kappa shape index (κ3) is 3.32. The summed E-state index contributed by atoms with van der Waals surface area (Å²) in [5.41, 5.74) is 0.975. The molecule has 2 aliphatic rings. The highest BCUT2D eigenvalue weighted by atomic mass is 16.6. The van der Waals surface area contributed by atoms with Crippen molar-refractivity contribution in [3.63, 3.8) is 0 Å². The highest BCUT2D eigenvalue weighted by Gasteiger charge is 2.40. The second-order valence-corrected chi connectivity index (χ2v) is 6.58. The van der Waals surface area contributed by atoms with Crippen molar-refractivity contribution in [1.29, 1.82) is 0 Å². The molecule has 3 rings (SSSR count). The molecule has 0 aliphatic carbocycles. The van der Waals surface area contributed by atoms with Gasteiger partial charge in [-0.2, -0.15) is 0 Å². The summed E-state index contributed by atoms with van der Waals surface area (Å²) in [5, 5.41) is 0. The number of hydrogen-bond donors (Lipinski definition) is 0. The molecule has 2 heterocycles. The van der Waals surface area contributed by atoms with Crippen molar-refractivity contribution >= 4 is 12.1 Å². The van der Waals surface area contributed by atoms with Crippen LogP contribution >= 0.6 is 0 Å². The monoisotopic (exact) mass is 331 g/mol. The van der Waals surface area contributed by atoms with Crippen LogP contribution in [0.2, 0.25) is 0 Å². The van der Waals surface area contributed by atoms with E-state index in [-0.39, 0.29) is 30.8 Å². The molecule has 0 N–H and O–H groups in total. The van der Waals surface area contributed by atoms with Gasteiger partial charge in [-0.25, -0.2) is 9.59 Å². The lowest BCUT2D eigenvalue weighted by molar-refractivity contribution is 0.0431. The standard InChI is InChI=1S/C18H25N3O3/c1-14-16(21-12-11-19(2)17(21)22)9-6-10-20(14)18(23)24-13-15-7-4-3-5-8-15/h3-5,7-8,14,16H,6,9-13H2,1-2H3. The summed E-state index contributed by atoms with van der Waals surface area (Å²) >= 11 is 0. The zero-order valence-electron chi connectivity index (χ0n) is 14.4. The third-order valence-corrected chi connectivity index (χ3v) is 5.04. The van der Waals surface area contributed by atoms with Crippen molar-refractivity contribution in [2.24, 2.45) is 0 Å². The molecule has 0 aromatic heterocycles. The van der Waals surface area contributed by atoms with Crippen molar-refractivity contribution in [3.05, 3.63) is 35.9 Å². The van der Waals surface area contributed by atoms with Crippen molar-refractivity contribution in [3.8, 4) is 0 Å².